The number of carbonyl (C=O) groups is 2. The lowest BCUT2D eigenvalue weighted by atomic mass is 9.96. The van der Waals surface area contributed by atoms with Crippen LogP contribution in [0.4, 0.5) is 0 Å². The largest absolute Gasteiger partial charge is 0.349 e. The minimum Gasteiger partial charge on any atom is -0.349 e. The normalized spacial score (nSPS) is 26.0. The molecular formula is C12H22ClN3O2. The Morgan fingerprint density at radius 2 is 2.11 bits per heavy atom. The number of nitrogens with two attached hydrogens (primary N) is 1. The summed E-state index contributed by atoms with van der Waals surface area (Å²) in [6, 6.07) is 0. The van der Waals surface area contributed by atoms with Crippen molar-refractivity contribution in [2.24, 2.45) is 11.7 Å². The van der Waals surface area contributed by atoms with Crippen molar-refractivity contribution in [2.45, 2.75) is 37.6 Å². The van der Waals surface area contributed by atoms with Crippen LogP contribution in [0, 0.1) is 5.92 Å². The van der Waals surface area contributed by atoms with Gasteiger partial charge >= 0.3 is 0 Å². The van der Waals surface area contributed by atoms with Crippen molar-refractivity contribution >= 4 is 24.2 Å². The van der Waals surface area contributed by atoms with Crippen molar-refractivity contribution in [3.8, 4) is 0 Å². The summed E-state index contributed by atoms with van der Waals surface area (Å²) in [5.74, 6) is -0.148. The highest BCUT2D eigenvalue weighted by Crippen LogP contribution is 2.29. The SMILES string of the molecule is CN1CC(C(=O)NC2(CN)CCCC2)CC1=O.Cl. The lowest BCUT2D eigenvalue weighted by Gasteiger charge is -2.30. The molecule has 0 aromatic heterocycles. The Labute approximate surface area is 114 Å². The zero-order valence-electron chi connectivity index (χ0n) is 10.8. The third kappa shape index (κ3) is 2.95. The van der Waals surface area contributed by atoms with Crippen LogP contribution in [0.5, 0.6) is 0 Å². The van der Waals surface area contributed by atoms with E-state index in [-0.39, 0.29) is 35.7 Å². The molecule has 104 valence electrons. The second-order valence-electron chi connectivity index (χ2n) is 5.36. The van der Waals surface area contributed by atoms with Crippen molar-refractivity contribution in [1.82, 2.24) is 10.2 Å². The monoisotopic (exact) mass is 275 g/mol. The molecule has 1 atom stereocenters. The Balaban J connectivity index is 0.00000162. The lowest BCUT2D eigenvalue weighted by Crippen LogP contribution is -2.53. The van der Waals surface area contributed by atoms with E-state index in [1.165, 1.54) is 0 Å². The molecule has 1 aliphatic heterocycles. The minimum absolute atomic E-state index is 0. The molecule has 0 aromatic rings. The Bertz CT molecular complexity index is 329. The van der Waals surface area contributed by atoms with Gasteiger partial charge in [-0.3, -0.25) is 9.59 Å². The van der Waals surface area contributed by atoms with E-state index in [1.54, 1.807) is 11.9 Å². The quantitative estimate of drug-likeness (QED) is 0.777. The fraction of sp³-hybridized carbons (Fsp3) is 0.833. The smallest absolute Gasteiger partial charge is 0.225 e. The fourth-order valence-electron chi connectivity index (χ4n) is 2.83. The van der Waals surface area contributed by atoms with Crippen LogP contribution in [-0.2, 0) is 9.59 Å². The fourth-order valence-corrected chi connectivity index (χ4v) is 2.83. The Kier molecular flexibility index (Phi) is 4.99. The second-order valence-corrected chi connectivity index (χ2v) is 5.36. The number of hydrogen-bond acceptors (Lipinski definition) is 3. The summed E-state index contributed by atoms with van der Waals surface area (Å²) in [6.45, 7) is 1.03. The first kappa shape index (κ1) is 15.2. The Hall–Kier alpha value is -0.810. The van der Waals surface area contributed by atoms with E-state index in [0.29, 0.717) is 19.5 Å². The van der Waals surface area contributed by atoms with Gasteiger partial charge in [0.2, 0.25) is 11.8 Å². The zero-order chi connectivity index (χ0) is 12.5. The van der Waals surface area contributed by atoms with Gasteiger partial charge in [-0.25, -0.2) is 0 Å². The highest BCUT2D eigenvalue weighted by atomic mass is 35.5. The Morgan fingerprint density at radius 1 is 1.50 bits per heavy atom. The van der Waals surface area contributed by atoms with Crippen LogP contribution >= 0.6 is 12.4 Å². The van der Waals surface area contributed by atoms with Gasteiger partial charge in [0.15, 0.2) is 0 Å². The molecular weight excluding hydrogens is 254 g/mol. The summed E-state index contributed by atoms with van der Waals surface area (Å²) in [5, 5.41) is 3.08. The van der Waals surface area contributed by atoms with Crippen molar-refractivity contribution < 1.29 is 9.59 Å². The average molecular weight is 276 g/mol. The van der Waals surface area contributed by atoms with Crippen LogP contribution < -0.4 is 11.1 Å². The standard InChI is InChI=1S/C12H21N3O2.ClH/c1-15-7-9(6-10(15)16)11(17)14-12(8-13)4-2-3-5-12;/h9H,2-8,13H2,1H3,(H,14,17);1H. The summed E-state index contributed by atoms with van der Waals surface area (Å²) in [6.07, 6.45) is 4.52. The van der Waals surface area contributed by atoms with Crippen LogP contribution in [-0.4, -0.2) is 42.4 Å². The molecule has 2 fully saturated rings. The van der Waals surface area contributed by atoms with E-state index >= 15 is 0 Å². The van der Waals surface area contributed by atoms with Gasteiger partial charge in [0.25, 0.3) is 0 Å². The molecule has 0 spiro atoms. The summed E-state index contributed by atoms with van der Waals surface area (Å²) < 4.78 is 0. The van der Waals surface area contributed by atoms with E-state index in [4.69, 9.17) is 5.73 Å². The minimum atomic E-state index is -0.207. The lowest BCUT2D eigenvalue weighted by molar-refractivity contribution is -0.129. The summed E-state index contributed by atoms with van der Waals surface area (Å²) >= 11 is 0. The molecule has 6 heteroatoms. The molecule has 1 saturated heterocycles. The van der Waals surface area contributed by atoms with E-state index in [9.17, 15) is 9.59 Å². The van der Waals surface area contributed by atoms with Gasteiger partial charge in [0.05, 0.1) is 11.5 Å². The van der Waals surface area contributed by atoms with Gasteiger partial charge < -0.3 is 16.0 Å². The van der Waals surface area contributed by atoms with Gasteiger partial charge in [0.1, 0.15) is 0 Å². The van der Waals surface area contributed by atoms with Gasteiger partial charge in [-0.2, -0.15) is 0 Å². The summed E-state index contributed by atoms with van der Waals surface area (Å²) in [7, 11) is 1.74. The predicted octanol–water partition coefficient (Wildman–Crippen LogP) is 0.274. The molecule has 18 heavy (non-hydrogen) atoms. The van der Waals surface area contributed by atoms with Gasteiger partial charge in [-0.15, -0.1) is 12.4 Å². The molecule has 0 aromatic carbocycles. The molecule has 2 amide bonds. The van der Waals surface area contributed by atoms with Gasteiger partial charge in [0, 0.05) is 26.6 Å². The number of carbonyl (C=O) groups excluding carboxylic acids is 2. The van der Waals surface area contributed by atoms with E-state index in [0.717, 1.165) is 25.7 Å². The van der Waals surface area contributed by atoms with Crippen molar-refractivity contribution in [3.05, 3.63) is 0 Å². The number of halogens is 1. The van der Waals surface area contributed by atoms with Crippen molar-refractivity contribution in [3.63, 3.8) is 0 Å². The number of amides is 2. The average Bonchev–Trinajstić information content (AvgIpc) is 2.88. The molecule has 1 unspecified atom stereocenters. The number of hydrogen-bond donors (Lipinski definition) is 2. The summed E-state index contributed by atoms with van der Waals surface area (Å²) in [5.41, 5.74) is 5.57. The van der Waals surface area contributed by atoms with Crippen molar-refractivity contribution in [1.29, 1.82) is 0 Å². The molecule has 2 rings (SSSR count). The molecule has 2 aliphatic rings. The topological polar surface area (TPSA) is 75.4 Å². The second kappa shape index (κ2) is 5.89. The van der Waals surface area contributed by atoms with E-state index < -0.39 is 0 Å². The first-order chi connectivity index (χ1) is 8.06. The number of rotatable bonds is 3. The van der Waals surface area contributed by atoms with Crippen molar-refractivity contribution in [2.75, 3.05) is 20.1 Å². The first-order valence-electron chi connectivity index (χ1n) is 6.32. The van der Waals surface area contributed by atoms with Gasteiger partial charge in [-0.1, -0.05) is 12.8 Å². The maximum absolute atomic E-state index is 12.1. The van der Waals surface area contributed by atoms with E-state index in [1.807, 2.05) is 0 Å². The molecule has 1 aliphatic carbocycles. The van der Waals surface area contributed by atoms with Crippen LogP contribution in [0.2, 0.25) is 0 Å². The third-order valence-electron chi connectivity index (χ3n) is 4.05. The molecule has 1 heterocycles. The van der Waals surface area contributed by atoms with Crippen LogP contribution in [0.25, 0.3) is 0 Å². The summed E-state index contributed by atoms with van der Waals surface area (Å²) in [4.78, 5) is 25.1. The molecule has 0 radical (unpaired) electrons. The van der Waals surface area contributed by atoms with E-state index in [2.05, 4.69) is 5.32 Å². The Morgan fingerprint density at radius 3 is 2.56 bits per heavy atom. The highest BCUT2D eigenvalue weighted by molar-refractivity contribution is 5.89. The first-order valence-corrected chi connectivity index (χ1v) is 6.32. The van der Waals surface area contributed by atoms with Crippen LogP contribution in [0.3, 0.4) is 0 Å². The number of nitrogens with zero attached hydrogens (tertiary/aromatic N) is 1. The zero-order valence-corrected chi connectivity index (χ0v) is 11.6. The van der Waals surface area contributed by atoms with Gasteiger partial charge in [-0.05, 0) is 12.8 Å². The molecule has 0 bridgehead atoms. The number of likely N-dealkylation sites (tertiary alicyclic amines) is 1. The molecule has 5 nitrogen and oxygen atoms in total. The van der Waals surface area contributed by atoms with Crippen LogP contribution in [0.1, 0.15) is 32.1 Å². The molecule has 3 N–H and O–H groups in total. The number of nitrogens with one attached hydrogen (secondary N) is 1. The third-order valence-corrected chi connectivity index (χ3v) is 4.05. The maximum Gasteiger partial charge on any atom is 0.225 e. The predicted molar refractivity (Wildman–Crippen MR) is 71.4 cm³/mol. The highest BCUT2D eigenvalue weighted by Gasteiger charge is 2.38. The molecule has 1 saturated carbocycles. The van der Waals surface area contributed by atoms with Crippen LogP contribution in [0.15, 0.2) is 0 Å². The maximum atomic E-state index is 12.1.